The van der Waals surface area contributed by atoms with Crippen LogP contribution in [-0.4, -0.2) is 25.0 Å². The van der Waals surface area contributed by atoms with Gasteiger partial charge in [-0.25, -0.2) is 0 Å². The molecule has 5 nitrogen and oxygen atoms in total. The van der Waals surface area contributed by atoms with Crippen molar-refractivity contribution in [2.45, 2.75) is 0 Å². The van der Waals surface area contributed by atoms with E-state index >= 15 is 0 Å². The molecule has 0 aliphatic carbocycles. The van der Waals surface area contributed by atoms with Crippen molar-refractivity contribution in [3.8, 4) is 0 Å². The molecule has 1 aromatic carbocycles. The minimum atomic E-state index is 0. The van der Waals surface area contributed by atoms with Crippen molar-refractivity contribution in [3.05, 3.63) is 35.2 Å². The van der Waals surface area contributed by atoms with Gasteiger partial charge in [-0.15, -0.1) is 10.1 Å². The van der Waals surface area contributed by atoms with Crippen LogP contribution >= 0.6 is 0 Å². The van der Waals surface area contributed by atoms with E-state index in [1.54, 1.807) is 30.3 Å². The normalized spacial score (nSPS) is 7.42. The second-order valence-corrected chi connectivity index (χ2v) is 1.71. The van der Waals surface area contributed by atoms with E-state index in [2.05, 4.69) is 5.29 Å². The SMILES string of the molecule is N.O=NN(O)c1ccccc1.[GaH3]. The van der Waals surface area contributed by atoms with E-state index in [4.69, 9.17) is 5.21 Å². The third kappa shape index (κ3) is 3.53. The third-order valence-corrected chi connectivity index (χ3v) is 1.06. The van der Waals surface area contributed by atoms with Crippen LogP contribution in [-0.2, 0) is 0 Å². The van der Waals surface area contributed by atoms with E-state index in [0.29, 0.717) is 5.69 Å². The van der Waals surface area contributed by atoms with Crippen molar-refractivity contribution in [1.82, 2.24) is 6.15 Å². The zero-order valence-corrected chi connectivity index (χ0v) is 5.84. The Morgan fingerprint density at radius 1 is 1.25 bits per heavy atom. The maximum atomic E-state index is 9.73. The van der Waals surface area contributed by atoms with Gasteiger partial charge >= 0.3 is 19.8 Å². The fourth-order valence-corrected chi connectivity index (χ4v) is 0.608. The Bertz CT molecular complexity index is 219. The zero-order chi connectivity index (χ0) is 7.40. The zero-order valence-electron chi connectivity index (χ0n) is 5.84. The van der Waals surface area contributed by atoms with Gasteiger partial charge in [-0.2, -0.15) is 0 Å². The first-order valence-corrected chi connectivity index (χ1v) is 2.72. The number of para-hydroxylation sites is 1. The average molecular weight is 228 g/mol. The molecule has 0 spiro atoms. The van der Waals surface area contributed by atoms with E-state index in [1.165, 1.54) is 0 Å². The first-order chi connectivity index (χ1) is 4.84. The van der Waals surface area contributed by atoms with Crippen LogP contribution in [0.1, 0.15) is 0 Å². The van der Waals surface area contributed by atoms with E-state index in [0.717, 1.165) is 0 Å². The second kappa shape index (κ2) is 6.86. The van der Waals surface area contributed by atoms with Crippen LogP contribution in [0.2, 0.25) is 0 Å². The van der Waals surface area contributed by atoms with Gasteiger partial charge in [-0.3, -0.25) is 5.21 Å². The van der Waals surface area contributed by atoms with Gasteiger partial charge in [0.1, 0.15) is 0 Å². The fourth-order valence-electron chi connectivity index (χ4n) is 0.608. The molecule has 0 aliphatic heterocycles. The molecule has 0 fully saturated rings. The summed E-state index contributed by atoms with van der Waals surface area (Å²) < 4.78 is 0. The topological polar surface area (TPSA) is 87.9 Å². The van der Waals surface area contributed by atoms with Gasteiger partial charge in [0, 0.05) is 0 Å². The summed E-state index contributed by atoms with van der Waals surface area (Å²) in [6.07, 6.45) is 0. The first-order valence-electron chi connectivity index (χ1n) is 2.72. The monoisotopic (exact) mass is 227 g/mol. The van der Waals surface area contributed by atoms with E-state index in [9.17, 15) is 4.91 Å². The summed E-state index contributed by atoms with van der Waals surface area (Å²) in [4.78, 5) is 9.73. The number of anilines is 1. The maximum absolute atomic E-state index is 9.73. The van der Waals surface area contributed by atoms with Crippen molar-refractivity contribution in [2.75, 3.05) is 5.17 Å². The van der Waals surface area contributed by atoms with E-state index < -0.39 is 0 Å². The molecule has 1 aromatic rings. The number of nitrogens with zero attached hydrogens (tertiary/aromatic N) is 2. The molecule has 1 rings (SSSR count). The molecule has 0 heterocycles. The number of rotatable bonds is 2. The number of benzene rings is 1. The van der Waals surface area contributed by atoms with Crippen molar-refractivity contribution < 1.29 is 5.21 Å². The Balaban J connectivity index is 0. The standard InChI is InChI=1S/C6H6N2O2.Ga.H3N.3H/c9-7-8(10)6-4-2-1-3-5-6;;;;;/h1-5,10H;;1H3;;;. The Labute approximate surface area is 82.9 Å². The summed E-state index contributed by atoms with van der Waals surface area (Å²) in [5.41, 5.74) is 0.359. The molecular formula is C6H12GaN3O2. The molecule has 0 amide bonds. The van der Waals surface area contributed by atoms with Gasteiger partial charge in [-0.05, 0) is 12.1 Å². The summed E-state index contributed by atoms with van der Waals surface area (Å²) in [6, 6.07) is 8.32. The Morgan fingerprint density at radius 3 is 2.17 bits per heavy atom. The number of nitroso groups, excluding NO2 is 1. The molecular weight excluding hydrogens is 216 g/mol. The Kier molecular flexibility index (Phi) is 7.86. The van der Waals surface area contributed by atoms with Crippen molar-refractivity contribution >= 4 is 25.5 Å². The fraction of sp³-hybridized carbons (Fsp3) is 0. The third-order valence-electron chi connectivity index (χ3n) is 1.06. The molecule has 0 saturated heterocycles. The quantitative estimate of drug-likeness (QED) is 0.439. The molecule has 0 radical (unpaired) electrons. The van der Waals surface area contributed by atoms with Gasteiger partial charge in [0.25, 0.3) is 0 Å². The van der Waals surface area contributed by atoms with Crippen molar-refractivity contribution in [2.24, 2.45) is 5.29 Å². The number of hydrogen-bond donors (Lipinski definition) is 2. The van der Waals surface area contributed by atoms with Crippen molar-refractivity contribution in [1.29, 1.82) is 0 Å². The van der Waals surface area contributed by atoms with Crippen LogP contribution in [0, 0.1) is 4.91 Å². The summed E-state index contributed by atoms with van der Waals surface area (Å²) in [5, 5.41) is 11.3. The van der Waals surface area contributed by atoms with Crippen LogP contribution in [0.25, 0.3) is 0 Å². The minimum absolute atomic E-state index is 0. The average Bonchev–Trinajstić information content (AvgIpc) is 2.05. The summed E-state index contributed by atoms with van der Waals surface area (Å²) in [5.74, 6) is 0. The van der Waals surface area contributed by atoms with Gasteiger partial charge < -0.3 is 6.15 Å². The van der Waals surface area contributed by atoms with E-state index in [-0.39, 0.29) is 31.1 Å². The first kappa shape index (κ1) is 13.7. The molecule has 0 saturated carbocycles. The van der Waals surface area contributed by atoms with Crippen LogP contribution in [0.15, 0.2) is 35.6 Å². The van der Waals surface area contributed by atoms with Crippen LogP contribution in [0.4, 0.5) is 5.69 Å². The van der Waals surface area contributed by atoms with E-state index in [1.807, 2.05) is 0 Å². The van der Waals surface area contributed by atoms with Crippen LogP contribution < -0.4 is 11.3 Å². The molecule has 0 aliphatic rings. The van der Waals surface area contributed by atoms with Gasteiger partial charge in [0.15, 0.2) is 0 Å². The summed E-state index contributed by atoms with van der Waals surface area (Å²) >= 11 is 0. The number of hydrogen-bond acceptors (Lipinski definition) is 4. The summed E-state index contributed by atoms with van der Waals surface area (Å²) in [6.45, 7) is 0. The van der Waals surface area contributed by atoms with Crippen molar-refractivity contribution in [3.63, 3.8) is 0 Å². The Morgan fingerprint density at radius 2 is 1.75 bits per heavy atom. The van der Waals surface area contributed by atoms with Crippen LogP contribution in [0.5, 0.6) is 0 Å². The molecule has 6 heteroatoms. The predicted molar refractivity (Wildman–Crippen MR) is 51.5 cm³/mol. The molecule has 12 heavy (non-hydrogen) atoms. The van der Waals surface area contributed by atoms with Gasteiger partial charge in [-0.1, -0.05) is 18.2 Å². The Hall–Kier alpha value is -0.824. The molecule has 66 valence electrons. The van der Waals surface area contributed by atoms with Gasteiger partial charge in [0.05, 0.1) is 11.0 Å². The molecule has 0 atom stereocenters. The molecule has 0 aromatic heterocycles. The van der Waals surface area contributed by atoms with Crippen LogP contribution in [0.3, 0.4) is 0 Å². The second-order valence-electron chi connectivity index (χ2n) is 1.71. The predicted octanol–water partition coefficient (Wildman–Crippen LogP) is 0.542. The molecule has 0 bridgehead atoms. The molecule has 4 N–H and O–H groups in total. The van der Waals surface area contributed by atoms with Gasteiger partial charge in [0.2, 0.25) is 0 Å². The summed E-state index contributed by atoms with van der Waals surface area (Å²) in [7, 11) is 0. The molecule has 0 unspecified atom stereocenters.